The molecule has 1 saturated heterocycles. The zero-order chi connectivity index (χ0) is 20.3. The Bertz CT molecular complexity index is 959. The highest BCUT2D eigenvalue weighted by molar-refractivity contribution is 9.10. The van der Waals surface area contributed by atoms with Gasteiger partial charge in [0.25, 0.3) is 5.91 Å². The molecule has 1 heterocycles. The van der Waals surface area contributed by atoms with Crippen LogP contribution in [-0.4, -0.2) is 28.8 Å². The number of ether oxygens (including phenoxy) is 2. The first-order chi connectivity index (χ1) is 13.4. The summed E-state index contributed by atoms with van der Waals surface area (Å²) in [6.07, 6.45) is 1.83. The zero-order valence-corrected chi connectivity index (χ0v) is 19.0. The molecule has 7 heteroatoms. The van der Waals surface area contributed by atoms with Crippen LogP contribution in [0, 0.1) is 6.92 Å². The summed E-state index contributed by atoms with van der Waals surface area (Å²) in [4.78, 5) is 14.6. The van der Waals surface area contributed by atoms with Gasteiger partial charge in [0.2, 0.25) is 0 Å². The third-order valence-corrected chi connectivity index (χ3v) is 6.17. The predicted molar refractivity (Wildman–Crippen MR) is 122 cm³/mol. The molecule has 0 bridgehead atoms. The number of thioether (sulfide) groups is 1. The number of thiocarbonyl (C=S) groups is 1. The zero-order valence-electron chi connectivity index (χ0n) is 15.8. The fraction of sp³-hybridized carbons (Fsp3) is 0.238. The van der Waals surface area contributed by atoms with Crippen molar-refractivity contribution in [3.8, 4) is 11.5 Å². The molecule has 0 atom stereocenters. The van der Waals surface area contributed by atoms with Crippen molar-refractivity contribution >= 4 is 56.2 Å². The summed E-state index contributed by atoms with van der Waals surface area (Å²) in [6, 6.07) is 11.9. The summed E-state index contributed by atoms with van der Waals surface area (Å²) < 4.78 is 12.9. The summed E-state index contributed by atoms with van der Waals surface area (Å²) in [5.41, 5.74) is 3.11. The average Bonchev–Trinajstić information content (AvgIpc) is 2.93. The lowest BCUT2D eigenvalue weighted by Crippen LogP contribution is -2.27. The maximum Gasteiger partial charge on any atom is 0.266 e. The first-order valence-corrected chi connectivity index (χ1v) is 10.8. The molecule has 0 aliphatic carbocycles. The number of aryl methyl sites for hydroxylation is 1. The van der Waals surface area contributed by atoms with Gasteiger partial charge in [0.05, 0.1) is 16.5 Å². The van der Waals surface area contributed by atoms with Crippen LogP contribution in [0.1, 0.15) is 23.6 Å². The van der Waals surface area contributed by atoms with Crippen LogP contribution < -0.4 is 9.47 Å². The van der Waals surface area contributed by atoms with E-state index in [4.69, 9.17) is 21.7 Å². The highest BCUT2D eigenvalue weighted by atomic mass is 79.9. The van der Waals surface area contributed by atoms with E-state index in [0.717, 1.165) is 15.6 Å². The molecule has 1 aliphatic rings. The van der Waals surface area contributed by atoms with Gasteiger partial charge in [0, 0.05) is 6.54 Å². The first-order valence-electron chi connectivity index (χ1n) is 8.74. The van der Waals surface area contributed by atoms with Crippen molar-refractivity contribution in [1.29, 1.82) is 0 Å². The third-order valence-electron chi connectivity index (χ3n) is 4.21. The molecule has 3 rings (SSSR count). The molecular formula is C21H20BrNO3S2. The lowest BCUT2D eigenvalue weighted by atomic mass is 10.1. The predicted octanol–water partition coefficient (Wildman–Crippen LogP) is 5.57. The van der Waals surface area contributed by atoms with Gasteiger partial charge in [-0.15, -0.1) is 0 Å². The number of hydrogen-bond donors (Lipinski definition) is 0. The maximum atomic E-state index is 12.4. The van der Waals surface area contributed by atoms with Crippen molar-refractivity contribution in [1.82, 2.24) is 4.90 Å². The van der Waals surface area contributed by atoms with E-state index in [1.54, 1.807) is 12.0 Å². The number of amides is 1. The quantitative estimate of drug-likeness (QED) is 0.401. The van der Waals surface area contributed by atoms with E-state index >= 15 is 0 Å². The molecule has 1 amide bonds. The Labute approximate surface area is 183 Å². The van der Waals surface area contributed by atoms with Crippen LogP contribution >= 0.6 is 39.9 Å². The second kappa shape index (κ2) is 9.11. The van der Waals surface area contributed by atoms with Gasteiger partial charge in [-0.25, -0.2) is 0 Å². The summed E-state index contributed by atoms with van der Waals surface area (Å²) in [6.45, 7) is 4.97. The van der Waals surface area contributed by atoms with Crippen LogP contribution in [0.3, 0.4) is 0 Å². The Hall–Kier alpha value is -1.83. The van der Waals surface area contributed by atoms with Crippen molar-refractivity contribution < 1.29 is 14.3 Å². The Kier molecular flexibility index (Phi) is 6.80. The fourth-order valence-electron chi connectivity index (χ4n) is 2.84. The van der Waals surface area contributed by atoms with Crippen LogP contribution in [0.25, 0.3) is 6.08 Å². The number of likely N-dealkylation sites (N-methyl/N-ethyl adjacent to an activating group) is 1. The molecule has 4 nitrogen and oxygen atoms in total. The minimum Gasteiger partial charge on any atom is -0.493 e. The normalized spacial score (nSPS) is 15.4. The van der Waals surface area contributed by atoms with Gasteiger partial charge in [0.15, 0.2) is 11.5 Å². The molecule has 28 heavy (non-hydrogen) atoms. The summed E-state index contributed by atoms with van der Waals surface area (Å²) in [5.74, 6) is 1.16. The summed E-state index contributed by atoms with van der Waals surface area (Å²) in [7, 11) is 1.60. The smallest absolute Gasteiger partial charge is 0.266 e. The molecular weight excluding hydrogens is 458 g/mol. The van der Waals surface area contributed by atoms with Crippen LogP contribution in [-0.2, 0) is 11.4 Å². The molecule has 2 aromatic carbocycles. The molecule has 1 aliphatic heterocycles. The molecule has 0 radical (unpaired) electrons. The van der Waals surface area contributed by atoms with E-state index < -0.39 is 0 Å². The third kappa shape index (κ3) is 4.59. The second-order valence-corrected chi connectivity index (χ2v) is 8.77. The van der Waals surface area contributed by atoms with Crippen LogP contribution in [0.2, 0.25) is 0 Å². The lowest BCUT2D eigenvalue weighted by molar-refractivity contribution is -0.121. The van der Waals surface area contributed by atoms with Gasteiger partial charge in [-0.3, -0.25) is 9.69 Å². The van der Waals surface area contributed by atoms with Crippen molar-refractivity contribution in [3.05, 3.63) is 62.5 Å². The Morgan fingerprint density at radius 2 is 2.07 bits per heavy atom. The van der Waals surface area contributed by atoms with Crippen molar-refractivity contribution in [3.63, 3.8) is 0 Å². The van der Waals surface area contributed by atoms with Crippen LogP contribution in [0.4, 0.5) is 0 Å². The van der Waals surface area contributed by atoms with Crippen LogP contribution in [0.15, 0.2) is 45.8 Å². The van der Waals surface area contributed by atoms with Gasteiger partial charge >= 0.3 is 0 Å². The molecule has 0 aromatic heterocycles. The Balaban J connectivity index is 1.85. The molecule has 0 spiro atoms. The number of nitrogens with zero attached hydrogens (tertiary/aromatic N) is 1. The topological polar surface area (TPSA) is 38.8 Å². The lowest BCUT2D eigenvalue weighted by Gasteiger charge is -2.14. The molecule has 0 unspecified atom stereocenters. The van der Waals surface area contributed by atoms with E-state index in [0.29, 0.717) is 33.9 Å². The van der Waals surface area contributed by atoms with E-state index in [9.17, 15) is 4.79 Å². The number of hydrogen-bond acceptors (Lipinski definition) is 5. The van der Waals surface area contributed by atoms with Crippen molar-refractivity contribution in [2.24, 2.45) is 0 Å². The van der Waals surface area contributed by atoms with Crippen molar-refractivity contribution in [2.45, 2.75) is 20.5 Å². The number of benzene rings is 2. The number of carbonyl (C=O) groups excluding carboxylic acids is 1. The number of rotatable bonds is 6. The highest BCUT2D eigenvalue weighted by Gasteiger charge is 2.30. The first kappa shape index (κ1) is 20.9. The van der Waals surface area contributed by atoms with E-state index in [1.165, 1.54) is 17.3 Å². The fourth-order valence-corrected chi connectivity index (χ4v) is 4.80. The highest BCUT2D eigenvalue weighted by Crippen LogP contribution is 2.39. The summed E-state index contributed by atoms with van der Waals surface area (Å²) >= 11 is 10.2. The van der Waals surface area contributed by atoms with Gasteiger partial charge < -0.3 is 9.47 Å². The van der Waals surface area contributed by atoms with E-state index in [1.807, 2.05) is 37.3 Å². The molecule has 0 N–H and O–H groups in total. The average molecular weight is 478 g/mol. The standard InChI is InChI=1S/C21H20BrNO3S2/c1-4-23-20(24)18(28-21(23)27)11-15-9-16(22)19(17(10-15)25-3)26-12-14-7-5-6-13(2)8-14/h5-11H,4,12H2,1-3H3/b18-11-. The number of carbonyl (C=O) groups is 1. The van der Waals surface area contributed by atoms with Crippen molar-refractivity contribution in [2.75, 3.05) is 13.7 Å². The Morgan fingerprint density at radius 3 is 2.71 bits per heavy atom. The molecule has 146 valence electrons. The number of halogens is 1. The second-order valence-electron chi connectivity index (χ2n) is 6.24. The SMILES string of the molecule is CCN1C(=O)/C(=C/c2cc(Br)c(OCc3cccc(C)c3)c(OC)c2)SC1=S. The minimum atomic E-state index is -0.0626. The van der Waals surface area contributed by atoms with Gasteiger partial charge in [-0.05, 0) is 59.1 Å². The van der Waals surface area contributed by atoms with Gasteiger partial charge in [-0.2, -0.15) is 0 Å². The van der Waals surface area contributed by atoms with Gasteiger partial charge in [0.1, 0.15) is 10.9 Å². The van der Waals surface area contributed by atoms with Gasteiger partial charge in [-0.1, -0.05) is 53.8 Å². The minimum absolute atomic E-state index is 0.0626. The van der Waals surface area contributed by atoms with E-state index in [2.05, 4.69) is 35.0 Å². The van der Waals surface area contributed by atoms with E-state index in [-0.39, 0.29) is 5.91 Å². The monoisotopic (exact) mass is 477 g/mol. The summed E-state index contributed by atoms with van der Waals surface area (Å²) in [5, 5.41) is 0. The Morgan fingerprint density at radius 1 is 1.29 bits per heavy atom. The maximum absolute atomic E-state index is 12.4. The number of methoxy groups -OCH3 is 1. The largest absolute Gasteiger partial charge is 0.493 e. The molecule has 2 aromatic rings. The molecule has 1 fully saturated rings. The molecule has 0 saturated carbocycles. The van der Waals surface area contributed by atoms with Crippen LogP contribution in [0.5, 0.6) is 11.5 Å².